The van der Waals surface area contributed by atoms with Gasteiger partial charge >= 0.3 is 0 Å². The molecule has 1 atom stereocenters. The van der Waals surface area contributed by atoms with Gasteiger partial charge in [0.1, 0.15) is 0 Å². The Labute approximate surface area is 119 Å². The van der Waals surface area contributed by atoms with E-state index in [2.05, 4.69) is 58.6 Å². The second kappa shape index (κ2) is 7.06. The molecule has 0 saturated heterocycles. The molecule has 2 nitrogen and oxygen atoms in total. The van der Waals surface area contributed by atoms with Gasteiger partial charge in [0.25, 0.3) is 0 Å². The van der Waals surface area contributed by atoms with Crippen LogP contribution in [0.5, 0.6) is 0 Å². The van der Waals surface area contributed by atoms with Crippen LogP contribution in [0.3, 0.4) is 0 Å². The zero-order valence-corrected chi connectivity index (χ0v) is 13.5. The Kier molecular flexibility index (Phi) is 6.02. The molecule has 1 aromatic rings. The highest BCUT2D eigenvalue weighted by molar-refractivity contribution is 5.40. The number of hydrogen-bond acceptors (Lipinski definition) is 2. The quantitative estimate of drug-likeness (QED) is 0.849. The molecule has 2 heteroatoms. The normalized spacial score (nSPS) is 13.3. The fourth-order valence-corrected chi connectivity index (χ4v) is 3.11. The predicted octanol–water partition coefficient (Wildman–Crippen LogP) is 3.59. The molecule has 0 fully saturated rings. The van der Waals surface area contributed by atoms with Crippen LogP contribution in [0.1, 0.15) is 49.1 Å². The van der Waals surface area contributed by atoms with Gasteiger partial charge in [-0.15, -0.1) is 0 Å². The summed E-state index contributed by atoms with van der Waals surface area (Å²) in [6.07, 6.45) is 0. The van der Waals surface area contributed by atoms with Crippen molar-refractivity contribution >= 4 is 0 Å². The molecule has 0 amide bonds. The van der Waals surface area contributed by atoms with E-state index in [4.69, 9.17) is 5.73 Å². The van der Waals surface area contributed by atoms with Gasteiger partial charge in [0.2, 0.25) is 0 Å². The van der Waals surface area contributed by atoms with Crippen molar-refractivity contribution in [3.05, 3.63) is 34.4 Å². The molecule has 0 aromatic heterocycles. The maximum Gasteiger partial charge on any atom is 0.0475 e. The number of aryl methyl sites for hydroxylation is 3. The molecule has 0 heterocycles. The molecule has 0 aliphatic carbocycles. The summed E-state index contributed by atoms with van der Waals surface area (Å²) < 4.78 is 0. The van der Waals surface area contributed by atoms with E-state index in [1.807, 2.05) is 0 Å². The molecule has 0 aliphatic heterocycles. The van der Waals surface area contributed by atoms with E-state index >= 15 is 0 Å². The first-order valence-electron chi connectivity index (χ1n) is 7.42. The number of benzene rings is 1. The minimum atomic E-state index is 0.341. The number of hydrogen-bond donors (Lipinski definition) is 1. The van der Waals surface area contributed by atoms with Crippen molar-refractivity contribution in [2.75, 3.05) is 19.6 Å². The Morgan fingerprint density at radius 2 is 1.63 bits per heavy atom. The highest BCUT2D eigenvalue weighted by atomic mass is 15.2. The molecule has 0 bridgehead atoms. The fraction of sp³-hybridized carbons (Fsp3) is 0.647. The molecule has 19 heavy (non-hydrogen) atoms. The third-order valence-electron chi connectivity index (χ3n) is 3.74. The van der Waals surface area contributed by atoms with Crippen molar-refractivity contribution in [2.45, 2.75) is 47.6 Å². The third-order valence-corrected chi connectivity index (χ3v) is 3.74. The van der Waals surface area contributed by atoms with E-state index in [1.54, 1.807) is 0 Å². The standard InChI is InChI=1S/C17H30N2/c1-7-19(11-12(2)3)16(10-18)17-14(5)8-13(4)9-15(17)6/h8-9,12,16H,7,10-11,18H2,1-6H3. The van der Waals surface area contributed by atoms with Crippen LogP contribution in [0.25, 0.3) is 0 Å². The van der Waals surface area contributed by atoms with Crippen molar-refractivity contribution in [3.63, 3.8) is 0 Å². The van der Waals surface area contributed by atoms with Gasteiger partial charge in [-0.2, -0.15) is 0 Å². The van der Waals surface area contributed by atoms with Gasteiger partial charge in [-0.25, -0.2) is 0 Å². The number of likely N-dealkylation sites (N-methyl/N-ethyl adjacent to an activating group) is 1. The fourth-order valence-electron chi connectivity index (χ4n) is 3.11. The second-order valence-corrected chi connectivity index (χ2v) is 6.05. The van der Waals surface area contributed by atoms with Gasteiger partial charge in [-0.3, -0.25) is 4.90 Å². The summed E-state index contributed by atoms with van der Waals surface area (Å²) in [6.45, 7) is 16.2. The SMILES string of the molecule is CCN(CC(C)C)C(CN)c1c(C)cc(C)cc1C. The van der Waals surface area contributed by atoms with E-state index in [1.165, 1.54) is 22.3 Å². The predicted molar refractivity (Wildman–Crippen MR) is 84.5 cm³/mol. The van der Waals surface area contributed by atoms with Crippen molar-refractivity contribution in [3.8, 4) is 0 Å². The zero-order valence-electron chi connectivity index (χ0n) is 13.5. The van der Waals surface area contributed by atoms with Gasteiger partial charge in [0.15, 0.2) is 0 Å². The average molecular weight is 262 g/mol. The molecular weight excluding hydrogens is 232 g/mol. The minimum Gasteiger partial charge on any atom is -0.329 e. The van der Waals surface area contributed by atoms with Crippen molar-refractivity contribution in [1.82, 2.24) is 4.90 Å². The molecule has 0 saturated carbocycles. The Morgan fingerprint density at radius 1 is 1.11 bits per heavy atom. The lowest BCUT2D eigenvalue weighted by molar-refractivity contribution is 0.188. The van der Waals surface area contributed by atoms with Crippen LogP contribution < -0.4 is 5.73 Å². The van der Waals surface area contributed by atoms with Gasteiger partial charge in [-0.1, -0.05) is 38.5 Å². The summed E-state index contributed by atoms with van der Waals surface area (Å²) in [5, 5.41) is 0. The summed E-state index contributed by atoms with van der Waals surface area (Å²) in [5.74, 6) is 0.667. The van der Waals surface area contributed by atoms with Crippen LogP contribution >= 0.6 is 0 Å². The lowest BCUT2D eigenvalue weighted by Gasteiger charge is -2.33. The van der Waals surface area contributed by atoms with E-state index in [0.717, 1.165) is 13.1 Å². The van der Waals surface area contributed by atoms with Crippen molar-refractivity contribution in [2.24, 2.45) is 11.7 Å². The number of rotatable bonds is 6. The first-order valence-corrected chi connectivity index (χ1v) is 7.42. The molecular formula is C17H30N2. The zero-order chi connectivity index (χ0) is 14.6. The van der Waals surface area contributed by atoms with Gasteiger partial charge in [0, 0.05) is 19.1 Å². The average Bonchev–Trinajstić information content (AvgIpc) is 2.30. The highest BCUT2D eigenvalue weighted by Crippen LogP contribution is 2.28. The van der Waals surface area contributed by atoms with E-state index < -0.39 is 0 Å². The lowest BCUT2D eigenvalue weighted by atomic mass is 9.92. The first kappa shape index (κ1) is 16.2. The summed E-state index contributed by atoms with van der Waals surface area (Å²) in [5.41, 5.74) is 11.6. The van der Waals surface area contributed by atoms with Gasteiger partial charge in [-0.05, 0) is 49.9 Å². The van der Waals surface area contributed by atoms with Crippen LogP contribution in [0.4, 0.5) is 0 Å². The molecule has 108 valence electrons. The van der Waals surface area contributed by atoms with Crippen molar-refractivity contribution < 1.29 is 0 Å². The summed E-state index contributed by atoms with van der Waals surface area (Å²) in [4.78, 5) is 2.51. The maximum atomic E-state index is 6.09. The summed E-state index contributed by atoms with van der Waals surface area (Å²) in [6, 6.07) is 4.88. The number of nitrogens with zero attached hydrogens (tertiary/aromatic N) is 1. The summed E-state index contributed by atoms with van der Waals surface area (Å²) in [7, 11) is 0. The maximum absolute atomic E-state index is 6.09. The summed E-state index contributed by atoms with van der Waals surface area (Å²) >= 11 is 0. The molecule has 1 rings (SSSR count). The first-order chi connectivity index (χ1) is 8.90. The van der Waals surface area contributed by atoms with Crippen LogP contribution in [-0.2, 0) is 0 Å². The molecule has 1 unspecified atom stereocenters. The molecule has 0 radical (unpaired) electrons. The Morgan fingerprint density at radius 3 is 2.00 bits per heavy atom. The monoisotopic (exact) mass is 262 g/mol. The van der Waals surface area contributed by atoms with E-state index in [9.17, 15) is 0 Å². The molecule has 0 aliphatic rings. The van der Waals surface area contributed by atoms with Crippen molar-refractivity contribution in [1.29, 1.82) is 0 Å². The largest absolute Gasteiger partial charge is 0.329 e. The highest BCUT2D eigenvalue weighted by Gasteiger charge is 2.21. The van der Waals surface area contributed by atoms with Crippen LogP contribution in [0.15, 0.2) is 12.1 Å². The lowest BCUT2D eigenvalue weighted by Crippen LogP contribution is -2.37. The Bertz CT molecular complexity index is 387. The van der Waals surface area contributed by atoms with E-state index in [-0.39, 0.29) is 0 Å². The minimum absolute atomic E-state index is 0.341. The van der Waals surface area contributed by atoms with Gasteiger partial charge < -0.3 is 5.73 Å². The molecule has 2 N–H and O–H groups in total. The topological polar surface area (TPSA) is 29.3 Å². The second-order valence-electron chi connectivity index (χ2n) is 6.05. The van der Waals surface area contributed by atoms with Crippen LogP contribution in [-0.4, -0.2) is 24.5 Å². The van der Waals surface area contributed by atoms with E-state index in [0.29, 0.717) is 18.5 Å². The Balaban J connectivity index is 3.15. The smallest absolute Gasteiger partial charge is 0.0475 e. The third kappa shape index (κ3) is 4.05. The van der Waals surface area contributed by atoms with Crippen LogP contribution in [0.2, 0.25) is 0 Å². The molecule has 1 aromatic carbocycles. The molecule has 0 spiro atoms. The number of nitrogens with two attached hydrogens (primary N) is 1. The Hall–Kier alpha value is -0.860. The van der Waals surface area contributed by atoms with Crippen LogP contribution in [0, 0.1) is 26.7 Å². The van der Waals surface area contributed by atoms with Gasteiger partial charge in [0.05, 0.1) is 0 Å².